The van der Waals surface area contributed by atoms with Gasteiger partial charge in [-0.3, -0.25) is 18.3 Å². The number of carbonyl (C=O) groups is 1. The third-order valence-electron chi connectivity index (χ3n) is 7.58. The van der Waals surface area contributed by atoms with Gasteiger partial charge in [-0.2, -0.15) is 5.10 Å². The highest BCUT2D eigenvalue weighted by atomic mass is 32.2. The second-order valence-electron chi connectivity index (χ2n) is 10.8. The van der Waals surface area contributed by atoms with Crippen LogP contribution in [0.15, 0.2) is 36.5 Å². The van der Waals surface area contributed by atoms with Crippen LogP contribution in [0.1, 0.15) is 44.2 Å². The van der Waals surface area contributed by atoms with E-state index < -0.39 is 10.0 Å². The lowest BCUT2D eigenvalue weighted by Gasteiger charge is -2.25. The molecule has 216 valence electrons. The summed E-state index contributed by atoms with van der Waals surface area (Å²) in [5, 5.41) is 10.9. The summed E-state index contributed by atoms with van der Waals surface area (Å²) in [6.07, 6.45) is 7.43. The third kappa shape index (κ3) is 5.51. The molecule has 6 rings (SSSR count). The third-order valence-corrected chi connectivity index (χ3v) is 8.77. The van der Waals surface area contributed by atoms with Gasteiger partial charge in [0, 0.05) is 44.4 Å². The van der Waals surface area contributed by atoms with Gasteiger partial charge in [0.2, 0.25) is 15.9 Å². The predicted octanol–water partition coefficient (Wildman–Crippen LogP) is 4.33. The number of hydrogen-bond donors (Lipinski definition) is 2. The molecule has 1 aliphatic carbocycles. The van der Waals surface area contributed by atoms with E-state index in [1.54, 1.807) is 16.8 Å². The molecule has 0 radical (unpaired) electrons. The van der Waals surface area contributed by atoms with Crippen molar-refractivity contribution in [2.75, 3.05) is 34.8 Å². The topological polar surface area (TPSA) is 136 Å². The number of nitrogens with zero attached hydrogens (tertiary/aromatic N) is 6. The molecule has 3 aromatic heterocycles. The number of sulfonamides is 1. The van der Waals surface area contributed by atoms with Gasteiger partial charge in [-0.15, -0.1) is 0 Å². The zero-order valence-corrected chi connectivity index (χ0v) is 24.4. The van der Waals surface area contributed by atoms with E-state index in [1.807, 2.05) is 42.9 Å². The van der Waals surface area contributed by atoms with Crippen molar-refractivity contribution in [1.29, 1.82) is 0 Å². The van der Waals surface area contributed by atoms with Gasteiger partial charge in [-0.1, -0.05) is 6.07 Å². The summed E-state index contributed by atoms with van der Waals surface area (Å²) in [4.78, 5) is 22.4. The minimum atomic E-state index is -3.59. The Balaban J connectivity index is 1.47. The van der Waals surface area contributed by atoms with Crippen molar-refractivity contribution < 1.29 is 17.9 Å². The van der Waals surface area contributed by atoms with E-state index in [0.717, 1.165) is 55.4 Å². The number of anilines is 4. The number of pyridine rings is 1. The van der Waals surface area contributed by atoms with Crippen LogP contribution >= 0.6 is 0 Å². The SMILES string of the molecule is Cc1nc2c(Nc3ccc(-c4ccn(C)n4)cc3N(C)S(C)(=O)=O)cc(NC(=O)C3CC3)nc2n1C1CCCCO1. The fraction of sp³-hybridized carbons (Fsp3) is 0.429. The lowest BCUT2D eigenvalue weighted by molar-refractivity contribution is -0.117. The number of amides is 1. The minimum Gasteiger partial charge on any atom is -0.358 e. The largest absolute Gasteiger partial charge is 0.358 e. The van der Waals surface area contributed by atoms with E-state index >= 15 is 0 Å². The van der Waals surface area contributed by atoms with Gasteiger partial charge in [-0.05, 0) is 57.2 Å². The molecule has 1 aromatic carbocycles. The average molecular weight is 579 g/mol. The number of aryl methyl sites for hydroxylation is 2. The summed E-state index contributed by atoms with van der Waals surface area (Å²) < 4.78 is 36.3. The van der Waals surface area contributed by atoms with E-state index in [-0.39, 0.29) is 18.1 Å². The maximum absolute atomic E-state index is 12.7. The molecule has 4 heterocycles. The molecule has 1 saturated heterocycles. The number of benzene rings is 1. The van der Waals surface area contributed by atoms with Crippen molar-refractivity contribution in [2.24, 2.45) is 13.0 Å². The molecule has 1 unspecified atom stereocenters. The molecule has 2 fully saturated rings. The normalized spacial score (nSPS) is 17.5. The van der Waals surface area contributed by atoms with Gasteiger partial charge in [0.1, 0.15) is 23.4 Å². The van der Waals surface area contributed by atoms with Crippen LogP contribution in [0.3, 0.4) is 0 Å². The van der Waals surface area contributed by atoms with Crippen LogP contribution < -0.4 is 14.9 Å². The molecule has 1 aliphatic heterocycles. The van der Waals surface area contributed by atoms with Crippen molar-refractivity contribution >= 4 is 50.0 Å². The Morgan fingerprint density at radius 2 is 1.90 bits per heavy atom. The molecular weight excluding hydrogens is 544 g/mol. The summed E-state index contributed by atoms with van der Waals surface area (Å²) in [6, 6.07) is 9.12. The van der Waals surface area contributed by atoms with Gasteiger partial charge in [0.05, 0.1) is 29.0 Å². The lowest BCUT2D eigenvalue weighted by atomic mass is 10.1. The van der Waals surface area contributed by atoms with Crippen LogP contribution in [-0.4, -0.2) is 58.6 Å². The number of ether oxygens (including phenoxy) is 1. The van der Waals surface area contributed by atoms with Gasteiger partial charge in [0.15, 0.2) is 5.65 Å². The molecule has 4 aromatic rings. The van der Waals surface area contributed by atoms with E-state index in [1.165, 1.54) is 11.4 Å². The molecule has 1 saturated carbocycles. The minimum absolute atomic E-state index is 0.00591. The molecule has 1 amide bonds. The van der Waals surface area contributed by atoms with Crippen molar-refractivity contribution in [2.45, 2.75) is 45.3 Å². The number of aromatic nitrogens is 5. The first kappa shape index (κ1) is 27.2. The first-order valence-corrected chi connectivity index (χ1v) is 15.6. The Hall–Kier alpha value is -3.97. The van der Waals surface area contributed by atoms with Crippen LogP contribution in [0.5, 0.6) is 0 Å². The Morgan fingerprint density at radius 1 is 1.10 bits per heavy atom. The smallest absolute Gasteiger partial charge is 0.232 e. The fourth-order valence-corrected chi connectivity index (χ4v) is 5.64. The Bertz CT molecular complexity index is 1740. The maximum Gasteiger partial charge on any atom is 0.232 e. The molecule has 0 bridgehead atoms. The summed E-state index contributed by atoms with van der Waals surface area (Å²) in [7, 11) is -0.244. The van der Waals surface area contributed by atoms with Crippen LogP contribution in [0.2, 0.25) is 0 Å². The van der Waals surface area contributed by atoms with Crippen molar-refractivity contribution in [3.8, 4) is 11.3 Å². The number of fused-ring (bicyclic) bond motifs is 1. The standard InChI is InChI=1S/C28H34N8O4S/c1-17-29-26-22(16-24(32-28(37)18-8-9-18)31-27(26)36(17)25-7-5-6-14-40-25)30-21-11-10-19(20-12-13-34(2)33-20)15-23(21)35(3)41(4,38)39/h10-13,15-16,18,25H,5-9,14H2,1-4H3,(H2,30,31,32,37). The van der Waals surface area contributed by atoms with Gasteiger partial charge < -0.3 is 15.4 Å². The monoisotopic (exact) mass is 578 g/mol. The summed E-state index contributed by atoms with van der Waals surface area (Å²) in [5.41, 5.74) is 4.26. The van der Waals surface area contributed by atoms with Gasteiger partial charge in [0.25, 0.3) is 0 Å². The first-order valence-electron chi connectivity index (χ1n) is 13.8. The molecule has 1 atom stereocenters. The number of rotatable bonds is 8. The van der Waals surface area contributed by atoms with Crippen molar-refractivity contribution in [3.63, 3.8) is 0 Å². The number of imidazole rings is 1. The van der Waals surface area contributed by atoms with Crippen molar-refractivity contribution in [3.05, 3.63) is 42.4 Å². The second-order valence-corrected chi connectivity index (χ2v) is 12.8. The molecule has 12 nitrogen and oxygen atoms in total. The number of hydrogen-bond acceptors (Lipinski definition) is 8. The van der Waals surface area contributed by atoms with E-state index in [4.69, 9.17) is 14.7 Å². The Labute approximate surface area is 238 Å². The van der Waals surface area contributed by atoms with Crippen LogP contribution in [0.4, 0.5) is 22.9 Å². The number of carbonyl (C=O) groups excluding carboxylic acids is 1. The molecule has 13 heteroatoms. The van der Waals surface area contributed by atoms with Crippen molar-refractivity contribution in [1.82, 2.24) is 24.3 Å². The van der Waals surface area contributed by atoms with Crippen LogP contribution in [0.25, 0.3) is 22.4 Å². The quantitative estimate of drug-likeness (QED) is 0.315. The second kappa shape index (κ2) is 10.5. The lowest BCUT2D eigenvalue weighted by Crippen LogP contribution is -2.25. The highest BCUT2D eigenvalue weighted by molar-refractivity contribution is 7.92. The van der Waals surface area contributed by atoms with Gasteiger partial charge >= 0.3 is 0 Å². The molecule has 2 N–H and O–H groups in total. The Morgan fingerprint density at radius 3 is 2.56 bits per heavy atom. The fourth-order valence-electron chi connectivity index (χ4n) is 5.13. The molecule has 0 spiro atoms. The van der Waals surface area contributed by atoms with E-state index in [0.29, 0.717) is 40.7 Å². The van der Waals surface area contributed by atoms with Crippen LogP contribution in [-0.2, 0) is 26.6 Å². The zero-order valence-electron chi connectivity index (χ0n) is 23.6. The van der Waals surface area contributed by atoms with Gasteiger partial charge in [-0.25, -0.2) is 18.4 Å². The Kier molecular flexibility index (Phi) is 6.94. The molecular formula is C28H34N8O4S. The first-order chi connectivity index (χ1) is 19.6. The van der Waals surface area contributed by atoms with Crippen LogP contribution in [0, 0.1) is 12.8 Å². The maximum atomic E-state index is 12.7. The predicted molar refractivity (Wildman–Crippen MR) is 158 cm³/mol. The molecule has 41 heavy (non-hydrogen) atoms. The highest BCUT2D eigenvalue weighted by Crippen LogP contribution is 2.38. The average Bonchev–Trinajstić information content (AvgIpc) is 3.62. The van der Waals surface area contributed by atoms with E-state index in [9.17, 15) is 13.2 Å². The summed E-state index contributed by atoms with van der Waals surface area (Å²) >= 11 is 0. The summed E-state index contributed by atoms with van der Waals surface area (Å²) in [5.74, 6) is 1.09. The highest BCUT2D eigenvalue weighted by Gasteiger charge is 2.31. The molecule has 2 aliphatic rings. The zero-order chi connectivity index (χ0) is 28.9. The number of nitrogens with one attached hydrogen (secondary N) is 2. The summed E-state index contributed by atoms with van der Waals surface area (Å²) in [6.45, 7) is 2.58. The van der Waals surface area contributed by atoms with E-state index in [2.05, 4.69) is 15.7 Å².